The summed E-state index contributed by atoms with van der Waals surface area (Å²) in [7, 11) is -4.43. The van der Waals surface area contributed by atoms with Crippen molar-refractivity contribution in [2.45, 2.75) is 57.5 Å². The van der Waals surface area contributed by atoms with Crippen LogP contribution in [0, 0.1) is 0 Å². The van der Waals surface area contributed by atoms with Gasteiger partial charge in [0.1, 0.15) is 11.6 Å². The van der Waals surface area contributed by atoms with Crippen LogP contribution in [-0.4, -0.2) is 27.9 Å². The van der Waals surface area contributed by atoms with Gasteiger partial charge in [0, 0.05) is 10.8 Å². The number of rotatable bonds is 1. The van der Waals surface area contributed by atoms with E-state index in [2.05, 4.69) is 15.0 Å². The molecule has 6 nitrogen and oxygen atoms in total. The van der Waals surface area contributed by atoms with E-state index >= 15 is 0 Å². The Morgan fingerprint density at radius 2 is 1.17 bits per heavy atom. The molecule has 7 heteroatoms. The zero-order chi connectivity index (χ0) is 14.4. The van der Waals surface area contributed by atoms with Gasteiger partial charge in [0.05, 0.1) is 0 Å². The molecule has 1 aromatic heterocycles. The van der Waals surface area contributed by atoms with E-state index in [0.29, 0.717) is 11.6 Å². The Kier molecular flexibility index (Phi) is 3.53. The van der Waals surface area contributed by atoms with Gasteiger partial charge in [-0.25, -0.2) is 15.0 Å². The fourth-order valence-corrected chi connectivity index (χ4v) is 1.55. The molecule has 0 amide bonds. The highest BCUT2D eigenvalue weighted by molar-refractivity contribution is 7.85. The summed E-state index contributed by atoms with van der Waals surface area (Å²) in [5.74, 6) is 0.685. The number of hydrogen-bond acceptors (Lipinski definition) is 5. The molecule has 0 aliphatic carbocycles. The van der Waals surface area contributed by atoms with E-state index < -0.39 is 26.1 Å². The second-order valence-corrected chi connectivity index (χ2v) is 7.56. The summed E-state index contributed by atoms with van der Waals surface area (Å²) in [6, 6.07) is 0. The van der Waals surface area contributed by atoms with Crippen molar-refractivity contribution in [3.63, 3.8) is 0 Å². The maximum absolute atomic E-state index is 11.2. The number of nitrogens with zero attached hydrogens (tertiary/aromatic N) is 3. The molecule has 0 atom stereocenters. The van der Waals surface area contributed by atoms with Gasteiger partial charge in [0.25, 0.3) is 5.16 Å². The van der Waals surface area contributed by atoms with Crippen molar-refractivity contribution in [2.75, 3.05) is 0 Å². The SMILES string of the molecule is CC(C)(C)c1nc(C(C)(C)C)nc(S(=O)(=O)O)n1. The Labute approximate surface area is 108 Å². The molecular formula is C11H19N3O3S. The summed E-state index contributed by atoms with van der Waals surface area (Å²) >= 11 is 0. The topological polar surface area (TPSA) is 93.0 Å². The predicted octanol–water partition coefficient (Wildman–Crippen LogP) is 1.71. The van der Waals surface area contributed by atoms with Crippen LogP contribution < -0.4 is 0 Å². The molecule has 1 heterocycles. The molecule has 0 radical (unpaired) electrons. The minimum absolute atomic E-state index is 0.343. The average molecular weight is 273 g/mol. The van der Waals surface area contributed by atoms with Crippen LogP contribution in [0.4, 0.5) is 0 Å². The molecule has 0 spiro atoms. The van der Waals surface area contributed by atoms with Crippen LogP contribution in [-0.2, 0) is 20.9 Å². The van der Waals surface area contributed by atoms with Gasteiger partial charge in [0.15, 0.2) is 0 Å². The third-order valence-corrected chi connectivity index (χ3v) is 2.83. The van der Waals surface area contributed by atoms with E-state index in [9.17, 15) is 8.42 Å². The lowest BCUT2D eigenvalue weighted by molar-refractivity contribution is 0.449. The molecule has 18 heavy (non-hydrogen) atoms. The molecule has 0 saturated heterocycles. The molecule has 1 rings (SSSR count). The first-order valence-corrected chi connectivity index (χ1v) is 7.00. The van der Waals surface area contributed by atoms with Crippen LogP contribution >= 0.6 is 0 Å². The lowest BCUT2D eigenvalue weighted by Gasteiger charge is -2.22. The summed E-state index contributed by atoms with van der Waals surface area (Å²) in [5.41, 5.74) is -0.856. The highest BCUT2D eigenvalue weighted by atomic mass is 32.2. The molecule has 0 unspecified atom stereocenters. The molecule has 1 N–H and O–H groups in total. The number of aromatic nitrogens is 3. The van der Waals surface area contributed by atoms with Crippen molar-refractivity contribution in [1.29, 1.82) is 0 Å². The van der Waals surface area contributed by atoms with Crippen LogP contribution in [0.3, 0.4) is 0 Å². The van der Waals surface area contributed by atoms with Crippen molar-refractivity contribution in [3.05, 3.63) is 11.6 Å². The third kappa shape index (κ3) is 3.46. The minimum Gasteiger partial charge on any atom is -0.279 e. The lowest BCUT2D eigenvalue weighted by Crippen LogP contribution is -2.25. The Hall–Kier alpha value is -1.08. The highest BCUT2D eigenvalue weighted by Crippen LogP contribution is 2.24. The Morgan fingerprint density at radius 3 is 1.39 bits per heavy atom. The molecule has 0 aliphatic heterocycles. The zero-order valence-electron chi connectivity index (χ0n) is 11.5. The van der Waals surface area contributed by atoms with Gasteiger partial charge >= 0.3 is 10.1 Å². The second-order valence-electron chi connectivity index (χ2n) is 6.24. The van der Waals surface area contributed by atoms with E-state index in [1.807, 2.05) is 41.5 Å². The maximum atomic E-state index is 11.2. The van der Waals surface area contributed by atoms with Crippen LogP contribution in [0.1, 0.15) is 53.2 Å². The normalized spacial score (nSPS) is 13.7. The fraction of sp³-hybridized carbons (Fsp3) is 0.727. The first-order valence-electron chi connectivity index (χ1n) is 5.56. The van der Waals surface area contributed by atoms with E-state index in [1.54, 1.807) is 0 Å². The van der Waals surface area contributed by atoms with Crippen molar-refractivity contribution in [3.8, 4) is 0 Å². The lowest BCUT2D eigenvalue weighted by atomic mass is 9.93. The van der Waals surface area contributed by atoms with E-state index in [-0.39, 0.29) is 0 Å². The largest absolute Gasteiger partial charge is 0.330 e. The average Bonchev–Trinajstić information content (AvgIpc) is 2.13. The summed E-state index contributed by atoms with van der Waals surface area (Å²) in [5, 5.41) is -0.590. The van der Waals surface area contributed by atoms with Gasteiger partial charge in [-0.15, -0.1) is 0 Å². The van der Waals surface area contributed by atoms with Crippen molar-refractivity contribution >= 4 is 10.1 Å². The third-order valence-electron chi connectivity index (χ3n) is 2.19. The first-order chi connectivity index (χ1) is 7.82. The van der Waals surface area contributed by atoms with Crippen LogP contribution in [0.25, 0.3) is 0 Å². The smallest absolute Gasteiger partial charge is 0.279 e. The molecule has 0 saturated carbocycles. The van der Waals surface area contributed by atoms with E-state index in [1.165, 1.54) is 0 Å². The van der Waals surface area contributed by atoms with E-state index in [4.69, 9.17) is 4.55 Å². The quantitative estimate of drug-likeness (QED) is 0.783. The van der Waals surface area contributed by atoms with Crippen LogP contribution in [0.2, 0.25) is 0 Å². The van der Waals surface area contributed by atoms with Gasteiger partial charge in [-0.2, -0.15) is 8.42 Å². The van der Waals surface area contributed by atoms with Crippen molar-refractivity contribution in [2.24, 2.45) is 0 Å². The molecule has 0 aromatic carbocycles. The van der Waals surface area contributed by atoms with Gasteiger partial charge in [-0.3, -0.25) is 4.55 Å². The predicted molar refractivity (Wildman–Crippen MR) is 67.0 cm³/mol. The van der Waals surface area contributed by atoms with Crippen LogP contribution in [0.15, 0.2) is 5.16 Å². The van der Waals surface area contributed by atoms with Gasteiger partial charge in [0.2, 0.25) is 0 Å². The second kappa shape index (κ2) is 4.24. The zero-order valence-corrected chi connectivity index (χ0v) is 12.3. The van der Waals surface area contributed by atoms with Crippen molar-refractivity contribution < 1.29 is 13.0 Å². The van der Waals surface area contributed by atoms with Gasteiger partial charge in [-0.05, 0) is 0 Å². The highest BCUT2D eigenvalue weighted by Gasteiger charge is 2.28. The molecule has 0 bridgehead atoms. The Balaban J connectivity index is 3.60. The summed E-state index contributed by atoms with van der Waals surface area (Å²) in [6.45, 7) is 11.2. The Bertz CT molecular complexity index is 522. The first kappa shape index (κ1) is 15.0. The number of hydrogen-bond donors (Lipinski definition) is 1. The summed E-state index contributed by atoms with van der Waals surface area (Å²) in [6.07, 6.45) is 0. The van der Waals surface area contributed by atoms with Crippen molar-refractivity contribution in [1.82, 2.24) is 15.0 Å². The molecular weight excluding hydrogens is 254 g/mol. The monoisotopic (exact) mass is 273 g/mol. The fourth-order valence-electron chi connectivity index (χ4n) is 1.14. The molecule has 1 aromatic rings. The molecule has 0 fully saturated rings. The molecule has 102 valence electrons. The minimum atomic E-state index is -4.43. The summed E-state index contributed by atoms with van der Waals surface area (Å²) < 4.78 is 31.5. The maximum Gasteiger partial charge on any atom is 0.330 e. The van der Waals surface area contributed by atoms with Gasteiger partial charge < -0.3 is 0 Å². The van der Waals surface area contributed by atoms with E-state index in [0.717, 1.165) is 0 Å². The standard InChI is InChI=1S/C11H19N3O3S/c1-10(2,3)7-12-8(11(4,5)6)14-9(13-7)18(15,16)17/h1-6H3,(H,15,16,17). The van der Waals surface area contributed by atoms with Crippen LogP contribution in [0.5, 0.6) is 0 Å². The van der Waals surface area contributed by atoms with Gasteiger partial charge in [-0.1, -0.05) is 41.5 Å². The summed E-state index contributed by atoms with van der Waals surface area (Å²) in [4.78, 5) is 12.0. The molecule has 0 aliphatic rings. The Morgan fingerprint density at radius 1 is 0.833 bits per heavy atom.